The molecule has 280 valence electrons. The second-order valence-electron chi connectivity index (χ2n) is 14.6. The fourth-order valence-electron chi connectivity index (χ4n) is 8.25. The van der Waals surface area contributed by atoms with Crippen molar-refractivity contribution in [1.29, 1.82) is 0 Å². The highest BCUT2D eigenvalue weighted by molar-refractivity contribution is 7.76. The van der Waals surface area contributed by atoms with E-state index in [4.69, 9.17) is 9.97 Å². The Morgan fingerprint density at radius 3 is 1.56 bits per heavy atom. The quantitative estimate of drug-likeness (QED) is 0.150. The number of rotatable bonds is 7. The molecule has 1 aliphatic heterocycles. The Kier molecular flexibility index (Phi) is 8.54. The van der Waals surface area contributed by atoms with Crippen molar-refractivity contribution >= 4 is 67.0 Å². The molecule has 1 atom stereocenters. The third-order valence-electron chi connectivity index (χ3n) is 11.0. The number of thiophene rings is 1. The Hall–Kier alpha value is -7.11. The SMILES string of the molecule is O=P1(c2ccccc2)N(c2ccccc2)c2ccc(-c3ccc4sc5c(-c6nc(-c7ccccc7)cc(-c7ccccc7)n6)cccc5c4c3)cc2N1c1ccccc1. The van der Waals surface area contributed by atoms with Crippen LogP contribution in [0.15, 0.2) is 212 Å². The molecule has 8 aromatic carbocycles. The lowest BCUT2D eigenvalue weighted by molar-refractivity contribution is 0.582. The van der Waals surface area contributed by atoms with Crippen LogP contribution in [-0.2, 0) is 4.57 Å². The Labute approximate surface area is 346 Å². The van der Waals surface area contributed by atoms with E-state index in [1.165, 1.54) is 10.1 Å². The van der Waals surface area contributed by atoms with Gasteiger partial charge < -0.3 is 0 Å². The predicted octanol–water partition coefficient (Wildman–Crippen LogP) is 14.3. The third-order valence-corrected chi connectivity index (χ3v) is 15.2. The average molecular weight is 795 g/mol. The summed E-state index contributed by atoms with van der Waals surface area (Å²) in [7, 11) is -3.47. The largest absolute Gasteiger partial charge is 0.301 e. The monoisotopic (exact) mass is 794 g/mol. The maximum absolute atomic E-state index is 16.1. The second kappa shape index (κ2) is 14.4. The highest BCUT2D eigenvalue weighted by Gasteiger charge is 2.49. The molecule has 0 bridgehead atoms. The zero-order valence-electron chi connectivity index (χ0n) is 31.8. The predicted molar refractivity (Wildman–Crippen MR) is 248 cm³/mol. The van der Waals surface area contributed by atoms with Crippen LogP contribution in [0.3, 0.4) is 0 Å². The van der Waals surface area contributed by atoms with Gasteiger partial charge in [-0.2, -0.15) is 0 Å². The molecule has 11 rings (SSSR count). The van der Waals surface area contributed by atoms with Crippen LogP contribution in [0.2, 0.25) is 0 Å². The lowest BCUT2D eigenvalue weighted by Crippen LogP contribution is -2.26. The molecule has 0 saturated carbocycles. The van der Waals surface area contributed by atoms with Gasteiger partial charge in [0.15, 0.2) is 5.82 Å². The summed E-state index contributed by atoms with van der Waals surface area (Å²) in [6.45, 7) is 0. The van der Waals surface area contributed by atoms with Crippen molar-refractivity contribution < 1.29 is 4.57 Å². The van der Waals surface area contributed by atoms with E-state index < -0.39 is 7.44 Å². The van der Waals surface area contributed by atoms with Gasteiger partial charge in [0.2, 0.25) is 0 Å². The summed E-state index contributed by atoms with van der Waals surface area (Å²) in [5, 5.41) is 3.10. The number of hydrogen-bond acceptors (Lipinski definition) is 4. The van der Waals surface area contributed by atoms with Crippen molar-refractivity contribution in [2.24, 2.45) is 0 Å². The minimum absolute atomic E-state index is 0.702. The van der Waals surface area contributed by atoms with E-state index in [2.05, 4.69) is 89.6 Å². The lowest BCUT2D eigenvalue weighted by Gasteiger charge is -2.33. The third kappa shape index (κ3) is 5.96. The van der Waals surface area contributed by atoms with Crippen molar-refractivity contribution in [3.8, 4) is 45.0 Å². The van der Waals surface area contributed by atoms with Gasteiger partial charge in [-0.3, -0.25) is 13.9 Å². The van der Waals surface area contributed by atoms with Crippen molar-refractivity contribution in [2.45, 2.75) is 0 Å². The van der Waals surface area contributed by atoms with Gasteiger partial charge in [-0.1, -0.05) is 140 Å². The number of nitrogens with zero attached hydrogens (tertiary/aromatic N) is 4. The average Bonchev–Trinajstić information content (AvgIpc) is 3.82. The number of fused-ring (bicyclic) bond motifs is 4. The van der Waals surface area contributed by atoms with Crippen LogP contribution in [0.4, 0.5) is 22.7 Å². The van der Waals surface area contributed by atoms with Gasteiger partial charge in [-0.05, 0) is 83.9 Å². The maximum atomic E-state index is 16.1. The Bertz CT molecular complexity index is 3140. The topological polar surface area (TPSA) is 49.3 Å². The van der Waals surface area contributed by atoms with Crippen LogP contribution in [0.5, 0.6) is 0 Å². The zero-order valence-corrected chi connectivity index (χ0v) is 33.5. The van der Waals surface area contributed by atoms with E-state index in [-0.39, 0.29) is 0 Å². The molecule has 1 aliphatic rings. The Morgan fingerprint density at radius 2 is 0.949 bits per heavy atom. The van der Waals surface area contributed by atoms with Crippen molar-refractivity contribution in [1.82, 2.24) is 9.97 Å². The van der Waals surface area contributed by atoms with Gasteiger partial charge in [0.25, 0.3) is 0 Å². The van der Waals surface area contributed by atoms with Crippen LogP contribution in [-0.4, -0.2) is 9.97 Å². The first kappa shape index (κ1) is 35.1. The van der Waals surface area contributed by atoms with E-state index in [1.54, 1.807) is 11.3 Å². The normalized spacial score (nSPS) is 14.8. The molecule has 3 heterocycles. The zero-order chi connectivity index (χ0) is 39.3. The standard InChI is InChI=1S/C52H35N4OPS/c57-58(42-25-14-5-15-26-42)55(40-21-10-3-11-22-40)48-31-29-39(34-49(48)56(58)41-23-12-4-13-24-41)38-30-32-50-45(33-38)43-27-16-28-44(51(43)59-50)52-53-46(36-17-6-1-7-18-36)35-47(54-52)37-19-8-2-9-20-37/h1-35H. The molecular weight excluding hydrogens is 760 g/mol. The van der Waals surface area contributed by atoms with Gasteiger partial charge in [-0.15, -0.1) is 11.3 Å². The van der Waals surface area contributed by atoms with Gasteiger partial charge in [0, 0.05) is 48.2 Å². The molecule has 0 fully saturated rings. The van der Waals surface area contributed by atoms with E-state index >= 15 is 4.57 Å². The van der Waals surface area contributed by atoms with Gasteiger partial charge >= 0.3 is 7.44 Å². The number of benzene rings is 8. The number of aromatic nitrogens is 2. The molecule has 0 aliphatic carbocycles. The molecule has 10 aromatic rings. The molecule has 0 saturated heterocycles. The van der Waals surface area contributed by atoms with E-state index in [9.17, 15) is 0 Å². The number of anilines is 4. The molecule has 7 heteroatoms. The Morgan fingerprint density at radius 1 is 0.424 bits per heavy atom. The molecule has 0 N–H and O–H groups in total. The van der Waals surface area contributed by atoms with Gasteiger partial charge in [0.05, 0.1) is 28.1 Å². The highest BCUT2D eigenvalue weighted by Crippen LogP contribution is 2.70. The molecule has 0 radical (unpaired) electrons. The summed E-state index contributed by atoms with van der Waals surface area (Å²) >= 11 is 1.77. The molecule has 2 aromatic heterocycles. The first-order valence-corrected chi connectivity index (χ1v) is 22.0. The van der Waals surface area contributed by atoms with Crippen LogP contribution in [0, 0.1) is 0 Å². The lowest BCUT2D eigenvalue weighted by atomic mass is 10.0. The molecule has 0 amide bonds. The summed E-state index contributed by atoms with van der Waals surface area (Å²) in [4.78, 5) is 10.4. The highest BCUT2D eigenvalue weighted by atomic mass is 32.1. The van der Waals surface area contributed by atoms with Crippen molar-refractivity contribution in [3.05, 3.63) is 212 Å². The summed E-state index contributed by atoms with van der Waals surface area (Å²) in [5.74, 6) is 0.702. The van der Waals surface area contributed by atoms with Crippen LogP contribution in [0.25, 0.3) is 65.2 Å². The fraction of sp³-hybridized carbons (Fsp3) is 0. The first-order valence-electron chi connectivity index (χ1n) is 19.6. The summed E-state index contributed by atoms with van der Waals surface area (Å²) in [6, 6.07) is 72.4. The summed E-state index contributed by atoms with van der Waals surface area (Å²) in [6.07, 6.45) is 0. The van der Waals surface area contributed by atoms with E-state index in [0.29, 0.717) is 5.82 Å². The van der Waals surface area contributed by atoms with Crippen molar-refractivity contribution in [3.63, 3.8) is 0 Å². The Balaban J connectivity index is 1.06. The fourth-order valence-corrected chi connectivity index (χ4v) is 12.5. The minimum Gasteiger partial charge on any atom is -0.270 e. The second-order valence-corrected chi connectivity index (χ2v) is 18.0. The minimum atomic E-state index is -3.47. The van der Waals surface area contributed by atoms with E-state index in [0.717, 1.165) is 77.3 Å². The summed E-state index contributed by atoms with van der Waals surface area (Å²) in [5.41, 5.74) is 10.6. The number of para-hydroxylation sites is 2. The van der Waals surface area contributed by atoms with Gasteiger partial charge in [0.1, 0.15) is 0 Å². The van der Waals surface area contributed by atoms with Crippen LogP contribution in [0.1, 0.15) is 0 Å². The summed E-state index contributed by atoms with van der Waals surface area (Å²) < 4.78 is 22.5. The molecule has 0 spiro atoms. The molecular formula is C52H35N4OPS. The first-order chi connectivity index (χ1) is 29.1. The van der Waals surface area contributed by atoms with Crippen LogP contribution >= 0.6 is 18.8 Å². The van der Waals surface area contributed by atoms with Crippen molar-refractivity contribution in [2.75, 3.05) is 9.34 Å². The molecule has 59 heavy (non-hydrogen) atoms. The smallest absolute Gasteiger partial charge is 0.270 e. The van der Waals surface area contributed by atoms with E-state index in [1.807, 2.05) is 132 Å². The van der Waals surface area contributed by atoms with Gasteiger partial charge in [-0.25, -0.2) is 9.97 Å². The molecule has 5 nitrogen and oxygen atoms in total. The number of hydrogen-bond donors (Lipinski definition) is 0. The van der Waals surface area contributed by atoms with Crippen LogP contribution < -0.4 is 14.6 Å². The molecule has 1 unspecified atom stereocenters. The maximum Gasteiger partial charge on any atom is 0.301 e.